The molecule has 0 aliphatic carbocycles. The number of nitrogens with one attached hydrogen (secondary N) is 3. The third-order valence-electron chi connectivity index (χ3n) is 4.75. The van der Waals surface area contributed by atoms with Crippen LogP contribution in [0, 0.1) is 6.92 Å². The highest BCUT2D eigenvalue weighted by atomic mass is 35.5. The Morgan fingerprint density at radius 1 is 1.27 bits per heavy atom. The van der Waals surface area contributed by atoms with Crippen molar-refractivity contribution >= 4 is 40.4 Å². The lowest BCUT2D eigenvalue weighted by atomic mass is 10.2. The van der Waals surface area contributed by atoms with Crippen molar-refractivity contribution in [2.75, 3.05) is 25.0 Å². The molecule has 3 rings (SSSR count). The maximum atomic E-state index is 12.3. The van der Waals surface area contributed by atoms with Crippen LogP contribution in [0.15, 0.2) is 35.7 Å². The van der Waals surface area contributed by atoms with Gasteiger partial charge in [-0.1, -0.05) is 23.7 Å². The molecule has 2 atom stereocenters. The molecular weight excluding hydrogens is 370 g/mol. The minimum atomic E-state index is -0.255. The van der Waals surface area contributed by atoms with Gasteiger partial charge in [-0.05, 0) is 36.1 Å². The summed E-state index contributed by atoms with van der Waals surface area (Å²) in [6.07, 6.45) is 2.23. The van der Waals surface area contributed by atoms with Crippen LogP contribution in [0.3, 0.4) is 0 Å². The van der Waals surface area contributed by atoms with Crippen molar-refractivity contribution in [2.45, 2.75) is 25.8 Å². The second kappa shape index (κ2) is 8.66. The third-order valence-corrected chi connectivity index (χ3v) is 6.14. The Kier molecular flexibility index (Phi) is 6.29. The SMILES string of the molecule is Cc1c(Cl)cccc1NC(=O)CNC(=O)C[NH+]1CCC[C@@H]1c1cccs1. The van der Waals surface area contributed by atoms with Crippen LogP contribution in [0.1, 0.15) is 29.3 Å². The van der Waals surface area contributed by atoms with E-state index >= 15 is 0 Å². The minimum absolute atomic E-state index is 0.0399. The maximum absolute atomic E-state index is 12.3. The van der Waals surface area contributed by atoms with Gasteiger partial charge in [0.15, 0.2) is 6.54 Å². The van der Waals surface area contributed by atoms with Gasteiger partial charge in [-0.3, -0.25) is 9.59 Å². The molecule has 0 spiro atoms. The molecule has 1 aromatic heterocycles. The molecule has 1 aliphatic rings. The molecule has 2 amide bonds. The first-order valence-electron chi connectivity index (χ1n) is 8.74. The summed E-state index contributed by atoms with van der Waals surface area (Å²) in [4.78, 5) is 27.0. The first-order valence-corrected chi connectivity index (χ1v) is 10.00. The van der Waals surface area contributed by atoms with Crippen LogP contribution in [0.25, 0.3) is 0 Å². The van der Waals surface area contributed by atoms with Gasteiger partial charge in [0, 0.05) is 23.6 Å². The predicted molar refractivity (Wildman–Crippen MR) is 105 cm³/mol. The molecule has 1 unspecified atom stereocenters. The summed E-state index contributed by atoms with van der Waals surface area (Å²) >= 11 is 7.80. The van der Waals surface area contributed by atoms with E-state index in [4.69, 9.17) is 11.6 Å². The molecule has 138 valence electrons. The molecule has 3 N–H and O–H groups in total. The van der Waals surface area contributed by atoms with Crippen LogP contribution in [0.5, 0.6) is 0 Å². The highest BCUT2D eigenvalue weighted by Crippen LogP contribution is 2.23. The fourth-order valence-corrected chi connectivity index (χ4v) is 4.44. The van der Waals surface area contributed by atoms with Crippen molar-refractivity contribution in [2.24, 2.45) is 0 Å². The smallest absolute Gasteiger partial charge is 0.275 e. The molecule has 26 heavy (non-hydrogen) atoms. The van der Waals surface area contributed by atoms with Gasteiger partial charge in [0.2, 0.25) is 5.91 Å². The highest BCUT2D eigenvalue weighted by molar-refractivity contribution is 7.10. The van der Waals surface area contributed by atoms with Crippen LogP contribution in [-0.2, 0) is 9.59 Å². The van der Waals surface area contributed by atoms with E-state index in [1.54, 1.807) is 29.5 Å². The summed E-state index contributed by atoms with van der Waals surface area (Å²) in [5.41, 5.74) is 1.48. The summed E-state index contributed by atoms with van der Waals surface area (Å²) in [7, 11) is 0. The third kappa shape index (κ3) is 4.63. The maximum Gasteiger partial charge on any atom is 0.275 e. The number of anilines is 1. The summed E-state index contributed by atoms with van der Waals surface area (Å²) in [6.45, 7) is 3.19. The monoisotopic (exact) mass is 392 g/mol. The fraction of sp³-hybridized carbons (Fsp3) is 0.368. The van der Waals surface area contributed by atoms with Crippen molar-refractivity contribution in [3.05, 3.63) is 51.2 Å². The molecule has 0 saturated carbocycles. The number of carbonyl (C=O) groups is 2. The van der Waals surface area contributed by atoms with Crippen molar-refractivity contribution in [3.63, 3.8) is 0 Å². The molecule has 1 aromatic carbocycles. The van der Waals surface area contributed by atoms with E-state index in [-0.39, 0.29) is 18.4 Å². The largest absolute Gasteiger partial charge is 0.342 e. The van der Waals surface area contributed by atoms with E-state index in [0.29, 0.717) is 23.3 Å². The average molecular weight is 393 g/mol. The first kappa shape index (κ1) is 18.9. The second-order valence-electron chi connectivity index (χ2n) is 6.53. The lowest BCUT2D eigenvalue weighted by Gasteiger charge is -2.20. The van der Waals surface area contributed by atoms with Crippen molar-refractivity contribution in [1.82, 2.24) is 5.32 Å². The lowest BCUT2D eigenvalue weighted by molar-refractivity contribution is -0.910. The van der Waals surface area contributed by atoms with Gasteiger partial charge in [-0.2, -0.15) is 0 Å². The molecule has 5 nitrogen and oxygen atoms in total. The Bertz CT molecular complexity index is 779. The molecule has 1 aliphatic heterocycles. The molecule has 0 bridgehead atoms. The lowest BCUT2D eigenvalue weighted by Crippen LogP contribution is -3.11. The number of carbonyl (C=O) groups excluding carboxylic acids is 2. The summed E-state index contributed by atoms with van der Waals surface area (Å²) in [6, 6.07) is 9.93. The number of thiophene rings is 1. The Balaban J connectivity index is 1.48. The van der Waals surface area contributed by atoms with E-state index < -0.39 is 0 Å². The van der Waals surface area contributed by atoms with Crippen molar-refractivity contribution in [1.29, 1.82) is 0 Å². The number of benzene rings is 1. The molecule has 1 fully saturated rings. The van der Waals surface area contributed by atoms with Gasteiger partial charge in [0.1, 0.15) is 6.04 Å². The first-order chi connectivity index (χ1) is 12.5. The standard InChI is InChI=1S/C19H22ClN3O2S/c1-13-14(20)5-2-6-15(13)22-18(24)11-21-19(25)12-23-9-3-7-16(23)17-8-4-10-26-17/h2,4-6,8,10,16H,3,7,9,11-12H2,1H3,(H,21,25)(H,22,24)/p+1/t16-/m1/s1. The molecule has 2 heterocycles. The van der Waals surface area contributed by atoms with Gasteiger partial charge in [-0.15, -0.1) is 11.3 Å². The number of hydrogen-bond acceptors (Lipinski definition) is 3. The van der Waals surface area contributed by atoms with Crippen molar-refractivity contribution < 1.29 is 14.5 Å². The van der Waals surface area contributed by atoms with E-state index in [9.17, 15) is 9.59 Å². The van der Waals surface area contributed by atoms with Crippen LogP contribution < -0.4 is 15.5 Å². The zero-order valence-electron chi connectivity index (χ0n) is 14.7. The number of likely N-dealkylation sites (tertiary alicyclic amines) is 1. The Morgan fingerprint density at radius 2 is 2.12 bits per heavy atom. The molecule has 0 radical (unpaired) electrons. The summed E-state index contributed by atoms with van der Waals surface area (Å²) in [5.74, 6) is -0.351. The normalized spacial score (nSPS) is 19.3. The van der Waals surface area contributed by atoms with Crippen LogP contribution in [-0.4, -0.2) is 31.4 Å². The van der Waals surface area contributed by atoms with Crippen LogP contribution in [0.4, 0.5) is 5.69 Å². The number of quaternary nitrogens is 1. The van der Waals surface area contributed by atoms with Gasteiger partial charge >= 0.3 is 0 Å². The zero-order valence-corrected chi connectivity index (χ0v) is 16.3. The Labute approximate surface area is 162 Å². The second-order valence-corrected chi connectivity index (χ2v) is 7.92. The van der Waals surface area contributed by atoms with Gasteiger partial charge in [-0.25, -0.2) is 0 Å². The van der Waals surface area contributed by atoms with Crippen LogP contribution >= 0.6 is 22.9 Å². The minimum Gasteiger partial charge on any atom is -0.342 e. The molecule has 7 heteroatoms. The van der Waals surface area contributed by atoms with E-state index in [1.807, 2.05) is 6.92 Å². The van der Waals surface area contributed by atoms with Crippen molar-refractivity contribution in [3.8, 4) is 0 Å². The number of rotatable bonds is 6. The van der Waals surface area contributed by atoms with Gasteiger partial charge in [0.05, 0.1) is 18.0 Å². The van der Waals surface area contributed by atoms with Gasteiger partial charge in [0.25, 0.3) is 5.91 Å². The quantitative estimate of drug-likeness (QED) is 0.705. The summed E-state index contributed by atoms with van der Waals surface area (Å²) in [5, 5.41) is 8.19. The zero-order chi connectivity index (χ0) is 18.5. The predicted octanol–water partition coefficient (Wildman–Crippen LogP) is 2.18. The molecule has 1 saturated heterocycles. The van der Waals surface area contributed by atoms with Gasteiger partial charge < -0.3 is 15.5 Å². The molecular formula is C19H23ClN3O2S+. The van der Waals surface area contributed by atoms with E-state index in [1.165, 1.54) is 9.78 Å². The Hall–Kier alpha value is -1.89. The Morgan fingerprint density at radius 3 is 2.88 bits per heavy atom. The number of halogens is 1. The average Bonchev–Trinajstić information content (AvgIpc) is 3.28. The number of amides is 2. The fourth-order valence-electron chi connectivity index (χ4n) is 3.34. The number of hydrogen-bond donors (Lipinski definition) is 3. The van der Waals surface area contributed by atoms with E-state index in [2.05, 4.69) is 28.1 Å². The van der Waals surface area contributed by atoms with E-state index in [0.717, 1.165) is 24.9 Å². The highest BCUT2D eigenvalue weighted by Gasteiger charge is 2.32. The van der Waals surface area contributed by atoms with Crippen LogP contribution in [0.2, 0.25) is 5.02 Å². The topological polar surface area (TPSA) is 62.6 Å². The molecule has 2 aromatic rings. The summed E-state index contributed by atoms with van der Waals surface area (Å²) < 4.78 is 0.